The summed E-state index contributed by atoms with van der Waals surface area (Å²) in [6, 6.07) is 12.9. The molecule has 4 heteroatoms. The Balaban J connectivity index is 2.09. The molecule has 2 aromatic carbocycles. The van der Waals surface area contributed by atoms with Crippen LogP contribution in [0.4, 0.5) is 5.69 Å². The number of rotatable bonds is 2. The Morgan fingerprint density at radius 1 is 1.16 bits per heavy atom. The van der Waals surface area contributed by atoms with Crippen LogP contribution in [0.5, 0.6) is 5.75 Å². The van der Waals surface area contributed by atoms with Crippen molar-refractivity contribution in [2.75, 3.05) is 5.43 Å². The molecule has 0 aliphatic heterocycles. The fourth-order valence-corrected chi connectivity index (χ4v) is 2.33. The van der Waals surface area contributed by atoms with Crippen LogP contribution < -0.4 is 5.43 Å². The lowest BCUT2D eigenvalue weighted by atomic mass is 10.2. The molecular formula is C15H13ClN2O. The summed E-state index contributed by atoms with van der Waals surface area (Å²) in [5, 5.41) is 11.2. The number of phenols is 1. The average molecular weight is 273 g/mol. The first-order valence-electron chi connectivity index (χ1n) is 5.97. The van der Waals surface area contributed by atoms with Gasteiger partial charge in [-0.15, -0.1) is 0 Å². The van der Waals surface area contributed by atoms with Gasteiger partial charge in [-0.1, -0.05) is 23.7 Å². The minimum Gasteiger partial charge on any atom is -0.508 e. The summed E-state index contributed by atoms with van der Waals surface area (Å²) in [6.07, 6.45) is 1.98. The van der Waals surface area contributed by atoms with Crippen LogP contribution in [-0.4, -0.2) is 9.78 Å². The Kier molecular flexibility index (Phi) is 2.84. The van der Waals surface area contributed by atoms with Crippen molar-refractivity contribution < 1.29 is 5.11 Å². The van der Waals surface area contributed by atoms with Gasteiger partial charge in [0.25, 0.3) is 0 Å². The second-order valence-corrected chi connectivity index (χ2v) is 4.88. The first kappa shape index (κ1) is 11.9. The summed E-state index contributed by atoms with van der Waals surface area (Å²) in [5.41, 5.74) is 6.18. The first-order valence-corrected chi connectivity index (χ1v) is 6.35. The van der Waals surface area contributed by atoms with Crippen molar-refractivity contribution in [1.29, 1.82) is 0 Å². The van der Waals surface area contributed by atoms with E-state index in [2.05, 4.69) is 5.43 Å². The molecule has 0 bridgehead atoms. The van der Waals surface area contributed by atoms with Gasteiger partial charge in [0.15, 0.2) is 0 Å². The summed E-state index contributed by atoms with van der Waals surface area (Å²) in [7, 11) is 0. The van der Waals surface area contributed by atoms with Crippen molar-refractivity contribution in [3.05, 3.63) is 59.2 Å². The van der Waals surface area contributed by atoms with E-state index in [4.69, 9.17) is 11.6 Å². The Bertz CT molecular complexity index is 749. The molecule has 0 saturated carbocycles. The molecule has 0 fully saturated rings. The number of aryl methyl sites for hydroxylation is 1. The van der Waals surface area contributed by atoms with Crippen LogP contribution in [-0.2, 0) is 0 Å². The lowest BCUT2D eigenvalue weighted by molar-refractivity contribution is 0.476. The number of aromatic hydroxyl groups is 1. The van der Waals surface area contributed by atoms with Gasteiger partial charge >= 0.3 is 0 Å². The smallest absolute Gasteiger partial charge is 0.116 e. The maximum Gasteiger partial charge on any atom is 0.116 e. The third-order valence-electron chi connectivity index (χ3n) is 3.10. The number of nitrogens with zero attached hydrogens (tertiary/aromatic N) is 1. The molecule has 19 heavy (non-hydrogen) atoms. The normalized spacial score (nSPS) is 10.8. The van der Waals surface area contributed by atoms with Gasteiger partial charge < -0.3 is 5.11 Å². The minimum absolute atomic E-state index is 0.270. The van der Waals surface area contributed by atoms with Crippen molar-refractivity contribution >= 4 is 28.2 Å². The molecule has 0 unspecified atom stereocenters. The van der Waals surface area contributed by atoms with E-state index in [9.17, 15) is 5.11 Å². The number of aromatic nitrogens is 1. The van der Waals surface area contributed by atoms with Gasteiger partial charge in [0, 0.05) is 11.6 Å². The maximum atomic E-state index is 9.55. The van der Waals surface area contributed by atoms with E-state index in [0.717, 1.165) is 22.2 Å². The number of nitrogens with one attached hydrogen (secondary N) is 1. The van der Waals surface area contributed by atoms with Gasteiger partial charge in [0.05, 0.1) is 16.2 Å². The summed E-state index contributed by atoms with van der Waals surface area (Å²) < 4.78 is 1.91. The molecule has 0 atom stereocenters. The number of halogens is 1. The fraction of sp³-hybridized carbons (Fsp3) is 0.0667. The van der Waals surface area contributed by atoms with Gasteiger partial charge in [0.1, 0.15) is 5.75 Å². The molecule has 1 aromatic heterocycles. The van der Waals surface area contributed by atoms with Gasteiger partial charge in [-0.05, 0) is 42.8 Å². The lowest BCUT2D eigenvalue weighted by Crippen LogP contribution is -2.07. The largest absolute Gasteiger partial charge is 0.508 e. The highest BCUT2D eigenvalue weighted by atomic mass is 35.5. The van der Waals surface area contributed by atoms with E-state index in [-0.39, 0.29) is 5.75 Å². The van der Waals surface area contributed by atoms with Crippen LogP contribution in [0.25, 0.3) is 10.9 Å². The molecule has 1 heterocycles. The molecule has 96 valence electrons. The molecule has 0 spiro atoms. The number of phenolic OH excluding ortho intramolecular Hbond substituents is 1. The highest BCUT2D eigenvalue weighted by Crippen LogP contribution is 2.27. The van der Waals surface area contributed by atoms with E-state index in [1.807, 2.05) is 48.1 Å². The van der Waals surface area contributed by atoms with Crippen LogP contribution in [0.1, 0.15) is 5.56 Å². The third-order valence-corrected chi connectivity index (χ3v) is 3.43. The topological polar surface area (TPSA) is 37.2 Å². The molecule has 0 radical (unpaired) electrons. The van der Waals surface area contributed by atoms with E-state index in [1.54, 1.807) is 12.1 Å². The summed E-state index contributed by atoms with van der Waals surface area (Å²) >= 11 is 6.14. The van der Waals surface area contributed by atoms with Crippen molar-refractivity contribution in [3.8, 4) is 5.75 Å². The number of anilines is 1. The van der Waals surface area contributed by atoms with E-state index in [1.165, 1.54) is 0 Å². The van der Waals surface area contributed by atoms with Crippen molar-refractivity contribution in [1.82, 2.24) is 4.68 Å². The standard InChI is InChI=1S/C15H13ClN2O/c1-10-9-18(15-7-6-11(19)8-12(10)15)17-14-5-3-2-4-13(14)16/h2-9,17,19H,1H3. The van der Waals surface area contributed by atoms with Gasteiger partial charge in [-0.3, -0.25) is 10.1 Å². The number of fused-ring (bicyclic) bond motifs is 1. The fourth-order valence-electron chi connectivity index (χ4n) is 2.16. The zero-order valence-corrected chi connectivity index (χ0v) is 11.1. The average Bonchev–Trinajstić information content (AvgIpc) is 2.69. The van der Waals surface area contributed by atoms with Crippen molar-refractivity contribution in [2.45, 2.75) is 6.92 Å². The second kappa shape index (κ2) is 4.52. The Hall–Kier alpha value is -2.13. The van der Waals surface area contributed by atoms with Crippen LogP contribution in [0.2, 0.25) is 5.02 Å². The van der Waals surface area contributed by atoms with Crippen molar-refractivity contribution in [3.63, 3.8) is 0 Å². The third kappa shape index (κ3) is 2.13. The van der Waals surface area contributed by atoms with Gasteiger partial charge in [0.2, 0.25) is 0 Å². The Morgan fingerprint density at radius 2 is 1.95 bits per heavy atom. The Morgan fingerprint density at radius 3 is 2.74 bits per heavy atom. The lowest BCUT2D eigenvalue weighted by Gasteiger charge is -2.10. The zero-order chi connectivity index (χ0) is 13.4. The molecule has 3 nitrogen and oxygen atoms in total. The zero-order valence-electron chi connectivity index (χ0n) is 10.4. The van der Waals surface area contributed by atoms with Crippen LogP contribution in [0.15, 0.2) is 48.7 Å². The highest BCUT2D eigenvalue weighted by molar-refractivity contribution is 6.33. The SMILES string of the molecule is Cc1cn(Nc2ccccc2Cl)c2ccc(O)cc12. The maximum absolute atomic E-state index is 9.55. The monoisotopic (exact) mass is 272 g/mol. The van der Waals surface area contributed by atoms with E-state index < -0.39 is 0 Å². The van der Waals surface area contributed by atoms with Gasteiger partial charge in [-0.2, -0.15) is 0 Å². The van der Waals surface area contributed by atoms with Crippen LogP contribution in [0, 0.1) is 6.92 Å². The number of hydrogen-bond donors (Lipinski definition) is 2. The summed E-state index contributed by atoms with van der Waals surface area (Å²) in [5.74, 6) is 0.270. The predicted octanol–water partition coefficient (Wildman–Crippen LogP) is 4.18. The second-order valence-electron chi connectivity index (χ2n) is 4.48. The molecule has 0 aliphatic rings. The van der Waals surface area contributed by atoms with Crippen molar-refractivity contribution in [2.24, 2.45) is 0 Å². The molecule has 2 N–H and O–H groups in total. The van der Waals surface area contributed by atoms with Crippen LogP contribution >= 0.6 is 11.6 Å². The first-order chi connectivity index (χ1) is 9.15. The number of para-hydroxylation sites is 1. The predicted molar refractivity (Wildman–Crippen MR) is 78.8 cm³/mol. The van der Waals surface area contributed by atoms with Crippen LogP contribution in [0.3, 0.4) is 0 Å². The summed E-state index contributed by atoms with van der Waals surface area (Å²) in [4.78, 5) is 0. The Labute approximate surface area is 116 Å². The quantitative estimate of drug-likeness (QED) is 0.734. The molecule has 0 amide bonds. The molecule has 0 saturated heterocycles. The molecule has 3 rings (SSSR count). The molecular weight excluding hydrogens is 260 g/mol. The van der Waals surface area contributed by atoms with E-state index in [0.29, 0.717) is 5.02 Å². The highest BCUT2D eigenvalue weighted by Gasteiger charge is 2.07. The molecule has 3 aromatic rings. The molecule has 0 aliphatic carbocycles. The summed E-state index contributed by atoms with van der Waals surface area (Å²) in [6.45, 7) is 2.01. The number of hydrogen-bond acceptors (Lipinski definition) is 2. The minimum atomic E-state index is 0.270. The van der Waals surface area contributed by atoms with E-state index >= 15 is 0 Å². The van der Waals surface area contributed by atoms with Gasteiger partial charge in [-0.25, -0.2) is 0 Å². The number of benzene rings is 2.